The molecule has 0 fully saturated rings. The van der Waals surface area contributed by atoms with Crippen LogP contribution in [0.1, 0.15) is 45.6 Å². The molecule has 35 heavy (non-hydrogen) atoms. The van der Waals surface area contributed by atoms with E-state index in [2.05, 4.69) is 60.5 Å². The number of rotatable bonds is 8. The van der Waals surface area contributed by atoms with Gasteiger partial charge in [0.05, 0.1) is 27.4 Å². The molecule has 0 bridgehead atoms. The first-order valence-electron chi connectivity index (χ1n) is 11.9. The van der Waals surface area contributed by atoms with Crippen molar-refractivity contribution < 1.29 is 19.0 Å². The summed E-state index contributed by atoms with van der Waals surface area (Å²) in [7, 11) is 4.93. The Labute approximate surface area is 207 Å². The third-order valence-corrected chi connectivity index (χ3v) is 6.72. The molecule has 184 valence electrons. The minimum Gasteiger partial charge on any atom is -0.497 e. The van der Waals surface area contributed by atoms with E-state index in [1.807, 2.05) is 0 Å². The lowest BCUT2D eigenvalue weighted by Crippen LogP contribution is -2.47. The van der Waals surface area contributed by atoms with Crippen molar-refractivity contribution in [2.75, 3.05) is 27.9 Å². The van der Waals surface area contributed by atoms with E-state index in [-0.39, 0.29) is 18.0 Å². The lowest BCUT2D eigenvalue weighted by Gasteiger charge is -2.41. The molecule has 3 aromatic carbocycles. The first-order valence-corrected chi connectivity index (χ1v) is 11.9. The van der Waals surface area contributed by atoms with E-state index < -0.39 is 0 Å². The molecule has 0 saturated carbocycles. The normalized spacial score (nSPS) is 16.2. The molecule has 1 aliphatic rings. The average Bonchev–Trinajstić information content (AvgIpc) is 2.88. The Morgan fingerprint density at radius 1 is 0.971 bits per heavy atom. The summed E-state index contributed by atoms with van der Waals surface area (Å²) in [6.45, 7) is 5.84. The van der Waals surface area contributed by atoms with Gasteiger partial charge in [0, 0.05) is 24.7 Å². The molecule has 1 heterocycles. The highest BCUT2D eigenvalue weighted by molar-refractivity contribution is 5.94. The summed E-state index contributed by atoms with van der Waals surface area (Å²) >= 11 is 0. The Bertz CT molecular complexity index is 1160. The van der Waals surface area contributed by atoms with Crippen molar-refractivity contribution in [3.63, 3.8) is 0 Å². The highest BCUT2D eigenvalue weighted by Gasteiger charge is 2.34. The summed E-state index contributed by atoms with van der Waals surface area (Å²) in [5.41, 5.74) is 5.47. The summed E-state index contributed by atoms with van der Waals surface area (Å²) in [5, 5.41) is 3.24. The number of fused-ring (bicyclic) bond motifs is 1. The van der Waals surface area contributed by atoms with Crippen LogP contribution in [0.15, 0.2) is 60.7 Å². The molecule has 2 atom stereocenters. The standard InChI is InChI=1S/C29H34N2O4/c1-19-6-8-21(9-7-19)18-31-15-14-23-16-26(34-4)27(35-5)17-25(23)28(31)20(2)30-29(32)22-10-12-24(33-3)13-11-22/h6-13,16-17,20,28H,14-15,18H2,1-5H3,(H,30,32). The molecule has 0 radical (unpaired) electrons. The number of amides is 1. The number of nitrogens with zero attached hydrogens (tertiary/aromatic N) is 1. The highest BCUT2D eigenvalue weighted by atomic mass is 16.5. The SMILES string of the molecule is COc1ccc(C(=O)NC(C)C2c3cc(OC)c(OC)cc3CCN2Cc2ccc(C)cc2)cc1. The monoisotopic (exact) mass is 474 g/mol. The average molecular weight is 475 g/mol. The van der Waals surface area contributed by atoms with Gasteiger partial charge in [-0.1, -0.05) is 29.8 Å². The van der Waals surface area contributed by atoms with E-state index in [0.29, 0.717) is 11.3 Å². The van der Waals surface area contributed by atoms with Crippen molar-refractivity contribution in [3.8, 4) is 17.2 Å². The summed E-state index contributed by atoms with van der Waals surface area (Å²) < 4.78 is 16.4. The van der Waals surface area contributed by atoms with Gasteiger partial charge in [-0.25, -0.2) is 0 Å². The van der Waals surface area contributed by atoms with Crippen molar-refractivity contribution in [1.29, 1.82) is 0 Å². The second-order valence-corrected chi connectivity index (χ2v) is 9.05. The third-order valence-electron chi connectivity index (χ3n) is 6.72. The van der Waals surface area contributed by atoms with Crippen LogP contribution in [0.25, 0.3) is 0 Å². The van der Waals surface area contributed by atoms with Gasteiger partial charge in [0.2, 0.25) is 0 Å². The largest absolute Gasteiger partial charge is 0.497 e. The molecule has 6 nitrogen and oxygen atoms in total. The summed E-state index contributed by atoms with van der Waals surface area (Å²) in [6, 6.07) is 19.8. The lowest BCUT2D eigenvalue weighted by molar-refractivity contribution is 0.0877. The molecular weight excluding hydrogens is 440 g/mol. The quantitative estimate of drug-likeness (QED) is 0.501. The van der Waals surface area contributed by atoms with Gasteiger partial charge >= 0.3 is 0 Å². The number of hydrogen-bond acceptors (Lipinski definition) is 5. The second-order valence-electron chi connectivity index (χ2n) is 9.05. The maximum absolute atomic E-state index is 13.1. The van der Waals surface area contributed by atoms with Gasteiger partial charge in [0.25, 0.3) is 5.91 Å². The van der Waals surface area contributed by atoms with Crippen LogP contribution in [-0.2, 0) is 13.0 Å². The van der Waals surface area contributed by atoms with Crippen molar-refractivity contribution in [2.24, 2.45) is 0 Å². The number of methoxy groups -OCH3 is 3. The van der Waals surface area contributed by atoms with Gasteiger partial charge in [-0.15, -0.1) is 0 Å². The van der Waals surface area contributed by atoms with Crippen LogP contribution in [0.3, 0.4) is 0 Å². The Kier molecular flexibility index (Phi) is 7.61. The van der Waals surface area contributed by atoms with Crippen molar-refractivity contribution in [1.82, 2.24) is 10.2 Å². The van der Waals surface area contributed by atoms with Crippen molar-refractivity contribution in [2.45, 2.75) is 38.9 Å². The van der Waals surface area contributed by atoms with E-state index in [9.17, 15) is 4.79 Å². The molecule has 2 unspecified atom stereocenters. The smallest absolute Gasteiger partial charge is 0.251 e. The molecule has 1 aliphatic heterocycles. The van der Waals surface area contributed by atoms with E-state index in [1.165, 1.54) is 16.7 Å². The fraction of sp³-hybridized carbons (Fsp3) is 0.345. The molecular formula is C29H34N2O4. The van der Waals surface area contributed by atoms with E-state index >= 15 is 0 Å². The Balaban J connectivity index is 1.66. The fourth-order valence-corrected chi connectivity index (χ4v) is 4.83. The molecule has 0 saturated heterocycles. The van der Waals surface area contributed by atoms with Crippen molar-refractivity contribution >= 4 is 5.91 Å². The molecule has 3 aromatic rings. The zero-order chi connectivity index (χ0) is 24.9. The summed E-state index contributed by atoms with van der Waals surface area (Å²) in [4.78, 5) is 15.6. The number of hydrogen-bond donors (Lipinski definition) is 1. The summed E-state index contributed by atoms with van der Waals surface area (Å²) in [6.07, 6.45) is 0.900. The molecule has 4 rings (SSSR count). The van der Waals surface area contributed by atoms with Crippen LogP contribution in [0.2, 0.25) is 0 Å². The third kappa shape index (κ3) is 5.43. The van der Waals surface area contributed by atoms with Gasteiger partial charge in [-0.2, -0.15) is 0 Å². The van der Waals surface area contributed by atoms with Gasteiger partial charge < -0.3 is 19.5 Å². The van der Waals surface area contributed by atoms with Gasteiger partial charge in [-0.05, 0) is 73.4 Å². The van der Waals surface area contributed by atoms with Crippen LogP contribution in [-0.4, -0.2) is 44.7 Å². The lowest BCUT2D eigenvalue weighted by atomic mass is 9.87. The molecule has 6 heteroatoms. The number of ether oxygens (including phenoxy) is 3. The number of nitrogens with one attached hydrogen (secondary N) is 1. The predicted molar refractivity (Wildman–Crippen MR) is 138 cm³/mol. The number of carbonyl (C=O) groups excluding carboxylic acids is 1. The first kappa shape index (κ1) is 24.6. The Hall–Kier alpha value is -3.51. The molecule has 0 aromatic heterocycles. The van der Waals surface area contributed by atoms with Crippen molar-refractivity contribution in [3.05, 3.63) is 88.5 Å². The summed E-state index contributed by atoms with van der Waals surface area (Å²) in [5.74, 6) is 2.04. The molecule has 1 amide bonds. The number of carbonyl (C=O) groups is 1. The first-order chi connectivity index (χ1) is 16.9. The highest BCUT2D eigenvalue weighted by Crippen LogP contribution is 2.40. The maximum atomic E-state index is 13.1. The van der Waals surface area contributed by atoms with E-state index in [1.54, 1.807) is 45.6 Å². The van der Waals surface area contributed by atoms with Crippen LogP contribution in [0, 0.1) is 6.92 Å². The van der Waals surface area contributed by atoms with E-state index in [4.69, 9.17) is 14.2 Å². The van der Waals surface area contributed by atoms with Gasteiger partial charge in [0.15, 0.2) is 11.5 Å². The van der Waals surface area contributed by atoms with Crippen LogP contribution < -0.4 is 19.5 Å². The maximum Gasteiger partial charge on any atom is 0.251 e. The fourth-order valence-electron chi connectivity index (χ4n) is 4.83. The second kappa shape index (κ2) is 10.8. The van der Waals surface area contributed by atoms with Gasteiger partial charge in [0.1, 0.15) is 5.75 Å². The zero-order valence-corrected chi connectivity index (χ0v) is 21.1. The van der Waals surface area contributed by atoms with Crippen LogP contribution >= 0.6 is 0 Å². The number of aryl methyl sites for hydroxylation is 1. The molecule has 0 spiro atoms. The Morgan fingerprint density at radius 2 is 1.63 bits per heavy atom. The van der Waals surface area contributed by atoms with Crippen LogP contribution in [0.5, 0.6) is 17.2 Å². The van der Waals surface area contributed by atoms with Crippen LogP contribution in [0.4, 0.5) is 0 Å². The zero-order valence-electron chi connectivity index (χ0n) is 21.1. The van der Waals surface area contributed by atoms with Gasteiger partial charge in [-0.3, -0.25) is 9.69 Å². The topological polar surface area (TPSA) is 60.0 Å². The number of benzene rings is 3. The minimum atomic E-state index is -0.146. The molecule has 1 N–H and O–H groups in total. The Morgan fingerprint density at radius 3 is 2.26 bits per heavy atom. The minimum absolute atomic E-state index is 0.0259. The van der Waals surface area contributed by atoms with E-state index in [0.717, 1.165) is 36.6 Å². The predicted octanol–water partition coefficient (Wildman–Crippen LogP) is 4.94. The molecule has 0 aliphatic carbocycles.